The summed E-state index contributed by atoms with van der Waals surface area (Å²) in [4.78, 5) is 2.52. The maximum Gasteiger partial charge on any atom is 0.0396 e. The van der Waals surface area contributed by atoms with Crippen LogP contribution in [0.2, 0.25) is 0 Å². The Morgan fingerprint density at radius 2 is 1.71 bits per heavy atom. The molecule has 2 N–H and O–H groups in total. The third-order valence-electron chi connectivity index (χ3n) is 4.64. The van der Waals surface area contributed by atoms with Crippen molar-refractivity contribution in [3.63, 3.8) is 0 Å². The van der Waals surface area contributed by atoms with E-state index in [1.165, 1.54) is 29.7 Å². The summed E-state index contributed by atoms with van der Waals surface area (Å²) in [5.74, 6) is 0.789. The van der Waals surface area contributed by atoms with Crippen LogP contribution in [0.1, 0.15) is 58.1 Å². The van der Waals surface area contributed by atoms with Crippen LogP contribution in [0.4, 0.5) is 5.69 Å². The summed E-state index contributed by atoms with van der Waals surface area (Å²) in [5.41, 5.74) is 10.2. The van der Waals surface area contributed by atoms with Gasteiger partial charge in [0.25, 0.3) is 0 Å². The molecule has 0 aliphatic rings. The van der Waals surface area contributed by atoms with Gasteiger partial charge < -0.3 is 10.6 Å². The molecule has 0 aliphatic heterocycles. The van der Waals surface area contributed by atoms with E-state index in [9.17, 15) is 0 Å². The highest BCUT2D eigenvalue weighted by molar-refractivity contribution is 5.54. The zero-order chi connectivity index (χ0) is 15.8. The molecule has 1 aromatic carbocycles. The normalized spacial score (nSPS) is 12.7. The number of nitrogens with two attached hydrogens (primary N) is 1. The molecule has 2 nitrogen and oxygen atoms in total. The number of rotatable bonds is 9. The van der Waals surface area contributed by atoms with Crippen molar-refractivity contribution in [2.75, 3.05) is 18.0 Å². The second kappa shape index (κ2) is 9.09. The maximum atomic E-state index is 6.07. The van der Waals surface area contributed by atoms with E-state index in [-0.39, 0.29) is 6.04 Å². The van der Waals surface area contributed by atoms with Crippen LogP contribution in [0.3, 0.4) is 0 Å². The lowest BCUT2D eigenvalue weighted by Crippen LogP contribution is -2.29. The molecule has 0 heterocycles. The molecule has 120 valence electrons. The lowest BCUT2D eigenvalue weighted by atomic mass is 9.99. The Hall–Kier alpha value is -1.02. The van der Waals surface area contributed by atoms with Crippen LogP contribution in [-0.4, -0.2) is 19.1 Å². The van der Waals surface area contributed by atoms with E-state index >= 15 is 0 Å². The Kier molecular flexibility index (Phi) is 7.81. The molecule has 1 aromatic rings. The highest BCUT2D eigenvalue weighted by atomic mass is 15.1. The van der Waals surface area contributed by atoms with Gasteiger partial charge in [-0.1, -0.05) is 45.7 Å². The first-order valence-electron chi connectivity index (χ1n) is 8.65. The highest BCUT2D eigenvalue weighted by Crippen LogP contribution is 2.24. The van der Waals surface area contributed by atoms with Gasteiger partial charge in [-0.05, 0) is 49.8 Å². The summed E-state index contributed by atoms with van der Waals surface area (Å²) < 4.78 is 0. The van der Waals surface area contributed by atoms with E-state index in [2.05, 4.69) is 57.7 Å². The fraction of sp³-hybridized carbons (Fsp3) is 0.684. The van der Waals surface area contributed by atoms with E-state index in [0.29, 0.717) is 0 Å². The van der Waals surface area contributed by atoms with Gasteiger partial charge in [0.05, 0.1) is 0 Å². The Labute approximate surface area is 131 Å². The number of aryl methyl sites for hydroxylation is 1. The van der Waals surface area contributed by atoms with Gasteiger partial charge >= 0.3 is 0 Å². The van der Waals surface area contributed by atoms with Gasteiger partial charge in [-0.3, -0.25) is 0 Å². The summed E-state index contributed by atoms with van der Waals surface area (Å²) >= 11 is 0. The van der Waals surface area contributed by atoms with Crippen LogP contribution in [0.5, 0.6) is 0 Å². The van der Waals surface area contributed by atoms with Crippen LogP contribution < -0.4 is 10.6 Å². The lowest BCUT2D eigenvalue weighted by Gasteiger charge is -2.29. The quantitative estimate of drug-likeness (QED) is 0.723. The van der Waals surface area contributed by atoms with Gasteiger partial charge in [0.2, 0.25) is 0 Å². The van der Waals surface area contributed by atoms with Gasteiger partial charge in [0.15, 0.2) is 0 Å². The SMILES string of the molecule is CCC(N)Cc1ccc(N(CC)CC(CC)CC)c(C)c1. The van der Waals surface area contributed by atoms with Crippen molar-refractivity contribution >= 4 is 5.69 Å². The molecule has 1 unspecified atom stereocenters. The Balaban J connectivity index is 2.85. The summed E-state index contributed by atoms with van der Waals surface area (Å²) in [6.45, 7) is 13.5. The van der Waals surface area contributed by atoms with Crippen LogP contribution in [0.15, 0.2) is 18.2 Å². The first-order chi connectivity index (χ1) is 10.0. The van der Waals surface area contributed by atoms with E-state index in [1.807, 2.05) is 0 Å². The second-order valence-electron chi connectivity index (χ2n) is 6.21. The zero-order valence-corrected chi connectivity index (χ0v) is 14.7. The Bertz CT molecular complexity index is 410. The third kappa shape index (κ3) is 5.35. The average Bonchev–Trinajstić information content (AvgIpc) is 2.49. The van der Waals surface area contributed by atoms with Crippen LogP contribution in [0, 0.1) is 12.8 Å². The van der Waals surface area contributed by atoms with Crippen molar-refractivity contribution in [2.45, 2.75) is 66.3 Å². The van der Waals surface area contributed by atoms with Crippen LogP contribution in [0.25, 0.3) is 0 Å². The van der Waals surface area contributed by atoms with Crippen molar-refractivity contribution < 1.29 is 0 Å². The van der Waals surface area contributed by atoms with Crippen molar-refractivity contribution in [1.82, 2.24) is 0 Å². The minimum absolute atomic E-state index is 0.280. The van der Waals surface area contributed by atoms with Gasteiger partial charge in [-0.15, -0.1) is 0 Å². The largest absolute Gasteiger partial charge is 0.371 e. The highest BCUT2D eigenvalue weighted by Gasteiger charge is 2.13. The molecule has 0 bridgehead atoms. The second-order valence-corrected chi connectivity index (χ2v) is 6.21. The molecule has 0 aliphatic carbocycles. The monoisotopic (exact) mass is 290 g/mol. The van der Waals surface area contributed by atoms with Gasteiger partial charge in [-0.2, -0.15) is 0 Å². The van der Waals surface area contributed by atoms with Crippen LogP contribution in [-0.2, 0) is 6.42 Å². The summed E-state index contributed by atoms with van der Waals surface area (Å²) in [6, 6.07) is 7.15. The van der Waals surface area contributed by atoms with E-state index in [4.69, 9.17) is 5.73 Å². The molecule has 0 amide bonds. The van der Waals surface area contributed by atoms with E-state index in [1.54, 1.807) is 0 Å². The van der Waals surface area contributed by atoms with E-state index < -0.39 is 0 Å². The molecule has 0 saturated carbocycles. The fourth-order valence-electron chi connectivity index (χ4n) is 2.90. The topological polar surface area (TPSA) is 29.3 Å². The average molecular weight is 290 g/mol. The van der Waals surface area contributed by atoms with Crippen molar-refractivity contribution in [2.24, 2.45) is 11.7 Å². The smallest absolute Gasteiger partial charge is 0.0396 e. The molecule has 0 spiro atoms. The molecule has 21 heavy (non-hydrogen) atoms. The number of hydrogen-bond donors (Lipinski definition) is 1. The van der Waals surface area contributed by atoms with E-state index in [0.717, 1.165) is 31.8 Å². The number of hydrogen-bond acceptors (Lipinski definition) is 2. The molecule has 0 fully saturated rings. The minimum atomic E-state index is 0.280. The number of benzene rings is 1. The lowest BCUT2D eigenvalue weighted by molar-refractivity contribution is 0.486. The molecule has 0 saturated heterocycles. The van der Waals surface area contributed by atoms with Gasteiger partial charge in [-0.25, -0.2) is 0 Å². The van der Waals surface area contributed by atoms with Gasteiger partial charge in [0.1, 0.15) is 0 Å². The standard InChI is InChI=1S/C19H34N2/c1-6-16(7-2)14-21(9-4)19-11-10-17(12-15(19)5)13-18(20)8-3/h10-12,16,18H,6-9,13-14,20H2,1-5H3. The number of anilines is 1. The maximum absolute atomic E-state index is 6.07. The van der Waals surface area contributed by atoms with Crippen molar-refractivity contribution in [3.05, 3.63) is 29.3 Å². The minimum Gasteiger partial charge on any atom is -0.371 e. The molecule has 2 heteroatoms. The molecule has 0 aromatic heterocycles. The van der Waals surface area contributed by atoms with Crippen molar-refractivity contribution in [1.29, 1.82) is 0 Å². The molecular formula is C19H34N2. The first kappa shape index (κ1) is 18.0. The summed E-state index contributed by atoms with van der Waals surface area (Å²) in [6.07, 6.45) is 4.54. The first-order valence-corrected chi connectivity index (χ1v) is 8.65. The molecule has 1 atom stereocenters. The summed E-state index contributed by atoms with van der Waals surface area (Å²) in [5, 5.41) is 0. The summed E-state index contributed by atoms with van der Waals surface area (Å²) in [7, 11) is 0. The van der Waals surface area contributed by atoms with Gasteiger partial charge in [0, 0.05) is 24.8 Å². The molecule has 0 radical (unpaired) electrons. The predicted molar refractivity (Wildman–Crippen MR) is 95.1 cm³/mol. The predicted octanol–water partition coefficient (Wildman–Crippen LogP) is 4.54. The number of nitrogens with zero attached hydrogens (tertiary/aromatic N) is 1. The third-order valence-corrected chi connectivity index (χ3v) is 4.64. The Morgan fingerprint density at radius 1 is 1.05 bits per heavy atom. The Morgan fingerprint density at radius 3 is 2.19 bits per heavy atom. The zero-order valence-electron chi connectivity index (χ0n) is 14.7. The van der Waals surface area contributed by atoms with Crippen LogP contribution >= 0.6 is 0 Å². The molecule has 1 rings (SSSR count). The van der Waals surface area contributed by atoms with Crippen molar-refractivity contribution in [3.8, 4) is 0 Å². The molecular weight excluding hydrogens is 256 g/mol. The fourth-order valence-corrected chi connectivity index (χ4v) is 2.90.